The van der Waals surface area contributed by atoms with Crippen molar-refractivity contribution in [3.63, 3.8) is 0 Å². The number of oxazole rings is 1. The lowest BCUT2D eigenvalue weighted by Gasteiger charge is -2.02. The zero-order valence-electron chi connectivity index (χ0n) is 7.74. The number of allylic oxidation sites excluding steroid dienone is 2. The van der Waals surface area contributed by atoms with E-state index in [1.807, 2.05) is 18.2 Å². The lowest BCUT2D eigenvalue weighted by atomic mass is 10.0. The molecule has 0 atom stereocenters. The molecular weight excluding hydrogens is 162 g/mol. The van der Waals surface area contributed by atoms with Crippen LogP contribution in [0.2, 0.25) is 0 Å². The lowest BCUT2D eigenvalue weighted by molar-refractivity contribution is 0.548. The van der Waals surface area contributed by atoms with Crippen molar-refractivity contribution in [2.45, 2.75) is 13.8 Å². The van der Waals surface area contributed by atoms with Gasteiger partial charge in [0.1, 0.15) is 5.69 Å². The molecule has 2 rings (SSSR count). The molecule has 1 aromatic heterocycles. The van der Waals surface area contributed by atoms with E-state index in [2.05, 4.69) is 24.6 Å². The van der Waals surface area contributed by atoms with E-state index in [0.717, 1.165) is 11.5 Å². The van der Waals surface area contributed by atoms with Crippen LogP contribution in [-0.2, 0) is 0 Å². The molecule has 1 aliphatic rings. The Labute approximate surface area is 77.3 Å². The summed E-state index contributed by atoms with van der Waals surface area (Å²) < 4.78 is 5.17. The Kier molecular flexibility index (Phi) is 1.91. The van der Waals surface area contributed by atoms with E-state index in [1.54, 1.807) is 0 Å². The van der Waals surface area contributed by atoms with Gasteiger partial charge in [-0.15, -0.1) is 5.73 Å². The molecule has 1 heterocycles. The second kappa shape index (κ2) is 3.08. The Morgan fingerprint density at radius 3 is 3.00 bits per heavy atom. The van der Waals surface area contributed by atoms with Crippen molar-refractivity contribution >= 4 is 12.2 Å². The molecule has 2 nitrogen and oxygen atoms in total. The van der Waals surface area contributed by atoms with E-state index in [-0.39, 0.29) is 0 Å². The zero-order valence-corrected chi connectivity index (χ0v) is 7.74. The summed E-state index contributed by atoms with van der Waals surface area (Å²) in [7, 11) is 0. The molecule has 0 unspecified atom stereocenters. The first kappa shape index (κ1) is 8.09. The third-order valence-corrected chi connectivity index (χ3v) is 2.06. The van der Waals surface area contributed by atoms with Gasteiger partial charge in [0.05, 0.1) is 0 Å². The molecule has 0 aliphatic heterocycles. The Bertz CT molecular complexity index is 403. The summed E-state index contributed by atoms with van der Waals surface area (Å²) >= 11 is 0. The highest BCUT2D eigenvalue weighted by molar-refractivity contribution is 5.64. The van der Waals surface area contributed by atoms with Gasteiger partial charge in [-0.25, -0.2) is 4.98 Å². The van der Waals surface area contributed by atoms with Crippen LogP contribution < -0.4 is 0 Å². The predicted octanol–water partition coefficient (Wildman–Crippen LogP) is 2.90. The van der Waals surface area contributed by atoms with Gasteiger partial charge in [0.2, 0.25) is 0 Å². The van der Waals surface area contributed by atoms with Crippen molar-refractivity contribution in [1.82, 2.24) is 4.98 Å². The fraction of sp³-hybridized carbons (Fsp3) is 0.273. The molecular formula is C11H11NO. The van der Waals surface area contributed by atoms with Crippen LogP contribution in [0.3, 0.4) is 0 Å². The molecule has 0 bridgehead atoms. The zero-order chi connectivity index (χ0) is 9.26. The minimum atomic E-state index is 0.489. The maximum atomic E-state index is 5.17. The number of aromatic nitrogens is 1. The number of hydrogen-bond donors (Lipinski definition) is 0. The van der Waals surface area contributed by atoms with Crippen molar-refractivity contribution in [2.24, 2.45) is 5.92 Å². The number of hydrogen-bond acceptors (Lipinski definition) is 2. The Morgan fingerprint density at radius 1 is 1.38 bits per heavy atom. The van der Waals surface area contributed by atoms with Gasteiger partial charge in [-0.3, -0.25) is 0 Å². The first-order valence-corrected chi connectivity index (χ1v) is 4.35. The molecule has 0 spiro atoms. The average molecular weight is 173 g/mol. The van der Waals surface area contributed by atoms with Crippen LogP contribution in [-0.4, -0.2) is 4.98 Å². The van der Waals surface area contributed by atoms with E-state index >= 15 is 0 Å². The van der Waals surface area contributed by atoms with E-state index in [0.29, 0.717) is 5.92 Å². The molecule has 0 saturated carbocycles. The van der Waals surface area contributed by atoms with Crippen LogP contribution in [0.5, 0.6) is 0 Å². The van der Waals surface area contributed by atoms with Crippen molar-refractivity contribution in [3.8, 4) is 0 Å². The molecule has 0 N–H and O–H groups in total. The minimum absolute atomic E-state index is 0.489. The van der Waals surface area contributed by atoms with Crippen molar-refractivity contribution in [2.75, 3.05) is 0 Å². The van der Waals surface area contributed by atoms with Crippen LogP contribution in [0.15, 0.2) is 28.2 Å². The summed E-state index contributed by atoms with van der Waals surface area (Å²) in [5.41, 5.74) is 5.19. The largest absolute Gasteiger partial charge is 0.443 e. The van der Waals surface area contributed by atoms with Crippen molar-refractivity contribution in [1.29, 1.82) is 0 Å². The fourth-order valence-corrected chi connectivity index (χ4v) is 1.23. The summed E-state index contributed by atoms with van der Waals surface area (Å²) in [5.74, 6) is 1.27. The SMILES string of the molecule is CC(C)C1=Cc2ncoc2C=C=C1. The molecule has 13 heavy (non-hydrogen) atoms. The van der Waals surface area contributed by atoms with Gasteiger partial charge >= 0.3 is 0 Å². The highest BCUT2D eigenvalue weighted by atomic mass is 16.3. The maximum Gasteiger partial charge on any atom is 0.182 e. The van der Waals surface area contributed by atoms with Crippen LogP contribution >= 0.6 is 0 Å². The van der Waals surface area contributed by atoms with E-state index in [9.17, 15) is 0 Å². The highest BCUT2D eigenvalue weighted by Gasteiger charge is 2.07. The summed E-state index contributed by atoms with van der Waals surface area (Å²) in [6, 6.07) is 0. The van der Waals surface area contributed by atoms with Crippen LogP contribution in [0.25, 0.3) is 12.2 Å². The number of nitrogens with zero attached hydrogens (tertiary/aromatic N) is 1. The minimum Gasteiger partial charge on any atom is -0.443 e. The molecule has 1 aromatic rings. The number of rotatable bonds is 1. The molecule has 1 aliphatic carbocycles. The summed E-state index contributed by atoms with van der Waals surface area (Å²) in [6.45, 7) is 4.30. The highest BCUT2D eigenvalue weighted by Crippen LogP contribution is 2.20. The Morgan fingerprint density at radius 2 is 2.23 bits per heavy atom. The van der Waals surface area contributed by atoms with Crippen LogP contribution in [0.1, 0.15) is 25.3 Å². The topological polar surface area (TPSA) is 26.0 Å². The average Bonchev–Trinajstić information content (AvgIpc) is 2.42. The Hall–Kier alpha value is -1.53. The standard InChI is InChI=1S/C11H11NO/c1-8(2)9-4-3-5-11-10(6-9)12-7-13-11/h4-8H,1-2H3. The molecule has 0 aromatic carbocycles. The van der Waals surface area contributed by atoms with Gasteiger partial charge in [0.25, 0.3) is 0 Å². The van der Waals surface area contributed by atoms with Gasteiger partial charge in [-0.1, -0.05) is 13.8 Å². The molecule has 2 heteroatoms. The second-order valence-corrected chi connectivity index (χ2v) is 3.36. The van der Waals surface area contributed by atoms with Crippen LogP contribution in [0.4, 0.5) is 0 Å². The van der Waals surface area contributed by atoms with Gasteiger partial charge in [-0.2, -0.15) is 0 Å². The summed E-state index contributed by atoms with van der Waals surface area (Å²) in [4.78, 5) is 4.12. The molecule has 0 fully saturated rings. The smallest absolute Gasteiger partial charge is 0.182 e. The van der Waals surface area contributed by atoms with E-state index in [1.165, 1.54) is 12.0 Å². The molecule has 0 radical (unpaired) electrons. The quantitative estimate of drug-likeness (QED) is 0.610. The number of fused-ring (bicyclic) bond motifs is 1. The van der Waals surface area contributed by atoms with E-state index in [4.69, 9.17) is 4.42 Å². The normalized spacial score (nSPS) is 14.2. The van der Waals surface area contributed by atoms with Crippen molar-refractivity contribution in [3.05, 3.63) is 35.2 Å². The summed E-state index contributed by atoms with van der Waals surface area (Å²) in [5, 5.41) is 0. The second-order valence-electron chi connectivity index (χ2n) is 3.36. The molecule has 0 saturated heterocycles. The van der Waals surface area contributed by atoms with Gasteiger partial charge in [0.15, 0.2) is 12.2 Å². The van der Waals surface area contributed by atoms with Gasteiger partial charge < -0.3 is 4.42 Å². The Balaban J connectivity index is 2.52. The van der Waals surface area contributed by atoms with Gasteiger partial charge in [-0.05, 0) is 23.6 Å². The lowest BCUT2D eigenvalue weighted by Crippen LogP contribution is -1.89. The monoisotopic (exact) mass is 173 g/mol. The summed E-state index contributed by atoms with van der Waals surface area (Å²) in [6.07, 6.45) is 7.29. The fourth-order valence-electron chi connectivity index (χ4n) is 1.23. The molecule has 0 amide bonds. The van der Waals surface area contributed by atoms with E-state index < -0.39 is 0 Å². The first-order valence-electron chi connectivity index (χ1n) is 4.35. The van der Waals surface area contributed by atoms with Crippen molar-refractivity contribution < 1.29 is 4.42 Å². The molecule has 66 valence electrons. The van der Waals surface area contributed by atoms with Gasteiger partial charge in [0, 0.05) is 6.08 Å². The third kappa shape index (κ3) is 1.49. The van der Waals surface area contributed by atoms with Crippen LogP contribution in [0, 0.1) is 5.92 Å². The third-order valence-electron chi connectivity index (χ3n) is 2.06. The maximum absolute atomic E-state index is 5.17. The predicted molar refractivity (Wildman–Crippen MR) is 51.9 cm³/mol. The first-order chi connectivity index (χ1) is 6.27.